The number of amides is 1. The number of fused-ring (bicyclic) bond motifs is 1. The smallest absolute Gasteiger partial charge is 0.341 e. The van der Waals surface area contributed by atoms with E-state index in [9.17, 15) is 19.5 Å². The van der Waals surface area contributed by atoms with E-state index in [1.807, 2.05) is 13.8 Å². The molecule has 1 N–H and O–H groups in total. The maximum atomic E-state index is 13.1. The number of aryl methyl sites for hydroxylation is 1. The molecule has 2 aliphatic carbocycles. The van der Waals surface area contributed by atoms with Gasteiger partial charge in [-0.3, -0.25) is 4.79 Å². The van der Waals surface area contributed by atoms with E-state index in [4.69, 9.17) is 4.74 Å². The summed E-state index contributed by atoms with van der Waals surface area (Å²) in [5.74, 6) is -3.58. The lowest BCUT2D eigenvalue weighted by molar-refractivity contribution is -0.313. The predicted molar refractivity (Wildman–Crippen MR) is 110 cm³/mol. The Morgan fingerprint density at radius 2 is 1.69 bits per heavy atom. The van der Waals surface area contributed by atoms with Crippen LogP contribution in [0.3, 0.4) is 0 Å². The van der Waals surface area contributed by atoms with Crippen LogP contribution in [0, 0.1) is 11.8 Å². The van der Waals surface area contributed by atoms with Gasteiger partial charge in [0.1, 0.15) is 5.00 Å². The van der Waals surface area contributed by atoms with Crippen LogP contribution in [0.25, 0.3) is 0 Å². The number of anilines is 1. The van der Waals surface area contributed by atoms with Crippen LogP contribution in [-0.2, 0) is 27.2 Å². The van der Waals surface area contributed by atoms with E-state index in [2.05, 4.69) is 5.32 Å². The molecule has 3 rings (SSSR count). The number of rotatable bonds is 5. The highest BCUT2D eigenvalue weighted by molar-refractivity contribution is 7.17. The van der Waals surface area contributed by atoms with Gasteiger partial charge in [0, 0.05) is 16.8 Å². The zero-order chi connectivity index (χ0) is 21.3. The van der Waals surface area contributed by atoms with Gasteiger partial charge < -0.3 is 20.0 Å². The minimum absolute atomic E-state index is 0.262. The first-order chi connectivity index (χ1) is 13.7. The summed E-state index contributed by atoms with van der Waals surface area (Å²) in [5.41, 5.74) is 3.44. The molecule has 1 aromatic rings. The molecule has 29 heavy (non-hydrogen) atoms. The average molecular weight is 419 g/mol. The molecule has 2 aliphatic rings. The van der Waals surface area contributed by atoms with Crippen molar-refractivity contribution in [1.82, 2.24) is 0 Å². The first-order valence-electron chi connectivity index (χ1n) is 10.2. The number of carbonyl (C=O) groups excluding carboxylic acids is 3. The number of carboxylic acid groups (broad SMARTS) is 1. The molecule has 0 unspecified atom stereocenters. The summed E-state index contributed by atoms with van der Waals surface area (Å²) in [6.45, 7) is 7.40. The molecule has 0 saturated heterocycles. The van der Waals surface area contributed by atoms with E-state index in [-0.39, 0.29) is 12.0 Å². The number of esters is 1. The summed E-state index contributed by atoms with van der Waals surface area (Å²) in [4.78, 5) is 38.6. The van der Waals surface area contributed by atoms with Gasteiger partial charge in [-0.2, -0.15) is 0 Å². The molecule has 2 atom stereocenters. The molecule has 0 saturated carbocycles. The minimum atomic E-state index is -1.21. The number of allylic oxidation sites excluding steroid dienone is 2. The lowest BCUT2D eigenvalue weighted by Gasteiger charge is -2.32. The monoisotopic (exact) mass is 418 g/mol. The number of ether oxygens (including phenoxy) is 1. The lowest BCUT2D eigenvalue weighted by atomic mass is 9.76. The van der Waals surface area contributed by atoms with Crippen LogP contribution < -0.4 is 10.4 Å². The Hall–Kier alpha value is -2.15. The third-order valence-electron chi connectivity index (χ3n) is 5.86. The van der Waals surface area contributed by atoms with Crippen LogP contribution in [0.4, 0.5) is 5.00 Å². The molecular weight excluding hydrogens is 390 g/mol. The average Bonchev–Trinajstić information content (AvgIpc) is 3.00. The fourth-order valence-corrected chi connectivity index (χ4v) is 5.44. The Labute approximate surface area is 175 Å². The van der Waals surface area contributed by atoms with Crippen molar-refractivity contribution in [2.24, 2.45) is 11.8 Å². The summed E-state index contributed by atoms with van der Waals surface area (Å²) in [6.07, 6.45) is 4.15. The number of hydrogen-bond acceptors (Lipinski definition) is 6. The molecular formula is C22H28NO5S-. The van der Waals surface area contributed by atoms with Gasteiger partial charge in [0.05, 0.1) is 17.6 Å². The lowest BCUT2D eigenvalue weighted by Crippen LogP contribution is -2.42. The molecule has 7 heteroatoms. The summed E-state index contributed by atoms with van der Waals surface area (Å²) >= 11 is 1.41. The quantitative estimate of drug-likeness (QED) is 0.585. The molecule has 1 aromatic heterocycles. The largest absolute Gasteiger partial charge is 0.550 e. The van der Waals surface area contributed by atoms with Crippen molar-refractivity contribution in [1.29, 1.82) is 0 Å². The molecule has 0 aromatic carbocycles. The van der Waals surface area contributed by atoms with Gasteiger partial charge in [0.2, 0.25) is 5.91 Å². The number of hydrogen-bond donors (Lipinski definition) is 1. The molecule has 0 fully saturated rings. The highest BCUT2D eigenvalue weighted by Crippen LogP contribution is 2.40. The molecule has 0 radical (unpaired) electrons. The second kappa shape index (κ2) is 8.69. The summed E-state index contributed by atoms with van der Waals surface area (Å²) in [6, 6.07) is 0. The number of carbonyl (C=O) groups is 3. The summed E-state index contributed by atoms with van der Waals surface area (Å²) in [7, 11) is 0. The Balaban J connectivity index is 1.91. The van der Waals surface area contributed by atoms with Crippen molar-refractivity contribution >= 4 is 34.2 Å². The zero-order valence-corrected chi connectivity index (χ0v) is 18.2. The summed E-state index contributed by atoms with van der Waals surface area (Å²) < 4.78 is 5.42. The first kappa shape index (κ1) is 21.6. The SMILES string of the molecule is CC1=C(C)C[C@H](C(=O)Nc2sc3c(c2C(=O)OC(C)C)CCCC3)[C@@H](C(=O)[O-])C1. The minimum Gasteiger partial charge on any atom is -0.550 e. The second-order valence-electron chi connectivity index (χ2n) is 8.36. The van der Waals surface area contributed by atoms with Gasteiger partial charge in [-0.15, -0.1) is 11.3 Å². The fourth-order valence-electron chi connectivity index (χ4n) is 4.16. The highest BCUT2D eigenvalue weighted by atomic mass is 32.1. The third kappa shape index (κ3) is 4.55. The van der Waals surface area contributed by atoms with Crippen molar-refractivity contribution in [2.45, 2.75) is 72.3 Å². The Morgan fingerprint density at radius 3 is 2.31 bits per heavy atom. The van der Waals surface area contributed by atoms with Crippen LogP contribution in [0.15, 0.2) is 11.1 Å². The normalized spacial score (nSPS) is 21.7. The van der Waals surface area contributed by atoms with E-state index >= 15 is 0 Å². The zero-order valence-electron chi connectivity index (χ0n) is 17.4. The van der Waals surface area contributed by atoms with E-state index < -0.39 is 23.8 Å². The molecule has 1 amide bonds. The Kier molecular flexibility index (Phi) is 6.46. The van der Waals surface area contributed by atoms with Crippen molar-refractivity contribution in [3.63, 3.8) is 0 Å². The molecule has 6 nitrogen and oxygen atoms in total. The van der Waals surface area contributed by atoms with Crippen LogP contribution in [-0.4, -0.2) is 23.9 Å². The Morgan fingerprint density at radius 1 is 1.07 bits per heavy atom. The predicted octanol–water partition coefficient (Wildman–Crippen LogP) is 3.24. The van der Waals surface area contributed by atoms with Gasteiger partial charge in [-0.25, -0.2) is 4.79 Å². The van der Waals surface area contributed by atoms with Crippen LogP contribution in [0.5, 0.6) is 0 Å². The molecule has 0 aliphatic heterocycles. The second-order valence-corrected chi connectivity index (χ2v) is 9.46. The van der Waals surface area contributed by atoms with Gasteiger partial charge >= 0.3 is 5.97 Å². The van der Waals surface area contributed by atoms with E-state index in [0.717, 1.165) is 47.3 Å². The van der Waals surface area contributed by atoms with Crippen molar-refractivity contribution in [3.05, 3.63) is 27.2 Å². The molecule has 0 spiro atoms. The van der Waals surface area contributed by atoms with Crippen molar-refractivity contribution in [2.75, 3.05) is 5.32 Å². The van der Waals surface area contributed by atoms with Crippen molar-refractivity contribution < 1.29 is 24.2 Å². The van der Waals surface area contributed by atoms with Crippen molar-refractivity contribution in [3.8, 4) is 0 Å². The maximum Gasteiger partial charge on any atom is 0.341 e. The maximum absolute atomic E-state index is 13.1. The van der Waals surface area contributed by atoms with E-state index in [1.165, 1.54) is 11.3 Å². The number of nitrogens with one attached hydrogen (secondary N) is 1. The van der Waals surface area contributed by atoms with Gasteiger partial charge in [-0.1, -0.05) is 11.1 Å². The van der Waals surface area contributed by atoms with Crippen LogP contribution >= 0.6 is 11.3 Å². The van der Waals surface area contributed by atoms with E-state index in [0.29, 0.717) is 23.4 Å². The molecule has 0 bridgehead atoms. The number of thiophene rings is 1. The van der Waals surface area contributed by atoms with Gasteiger partial charge in [0.25, 0.3) is 0 Å². The topological polar surface area (TPSA) is 95.5 Å². The van der Waals surface area contributed by atoms with E-state index in [1.54, 1.807) is 13.8 Å². The summed E-state index contributed by atoms with van der Waals surface area (Å²) in [5, 5.41) is 15.0. The molecule has 158 valence electrons. The first-order valence-corrected chi connectivity index (χ1v) is 11.0. The van der Waals surface area contributed by atoms with Crippen LogP contribution in [0.2, 0.25) is 0 Å². The standard InChI is InChI=1S/C22H29NO5S/c1-11(2)28-22(27)18-14-7-5-6-8-17(14)29-20(18)23-19(24)15-9-12(3)13(4)10-16(15)21(25)26/h11,15-16H,5-10H2,1-4H3,(H,23,24)(H,25,26)/p-1/t15-,16-/m0/s1. The Bertz CT molecular complexity index is 867. The van der Waals surface area contributed by atoms with Crippen LogP contribution in [0.1, 0.15) is 74.2 Å². The fraction of sp³-hybridized carbons (Fsp3) is 0.591. The number of aliphatic carboxylic acids is 1. The van der Waals surface area contributed by atoms with Gasteiger partial charge in [0.15, 0.2) is 0 Å². The van der Waals surface area contributed by atoms with Gasteiger partial charge in [-0.05, 0) is 71.8 Å². The molecule has 1 heterocycles. The number of carboxylic acids is 1. The highest BCUT2D eigenvalue weighted by Gasteiger charge is 2.35. The third-order valence-corrected chi connectivity index (χ3v) is 7.07.